The lowest BCUT2D eigenvalue weighted by molar-refractivity contribution is -0.129. The van der Waals surface area contributed by atoms with Gasteiger partial charge in [0, 0.05) is 11.8 Å². The smallest absolute Gasteiger partial charge is 0.139 e. The molecule has 0 aromatic heterocycles. The summed E-state index contributed by atoms with van der Waals surface area (Å²) in [6.45, 7) is 10.0. The Kier molecular flexibility index (Phi) is 2.71. The highest BCUT2D eigenvalue weighted by molar-refractivity contribution is 5.84. The van der Waals surface area contributed by atoms with E-state index in [4.69, 9.17) is 0 Å². The van der Waals surface area contributed by atoms with Crippen LogP contribution in [0, 0.1) is 17.8 Å². The van der Waals surface area contributed by atoms with Crippen LogP contribution in [0.1, 0.15) is 33.6 Å². The van der Waals surface area contributed by atoms with E-state index in [0.29, 0.717) is 11.7 Å². The fourth-order valence-electron chi connectivity index (χ4n) is 2.14. The Bertz CT molecular complexity index is 205. The maximum Gasteiger partial charge on any atom is 0.139 e. The van der Waals surface area contributed by atoms with Crippen LogP contribution in [0.5, 0.6) is 0 Å². The summed E-state index contributed by atoms with van der Waals surface area (Å²) in [5.74, 6) is 1.34. The molecule has 1 heteroatoms. The maximum absolute atomic E-state index is 11.6. The summed E-state index contributed by atoms with van der Waals surface area (Å²) >= 11 is 0. The van der Waals surface area contributed by atoms with Crippen LogP contribution in [-0.2, 0) is 4.79 Å². The van der Waals surface area contributed by atoms with Crippen LogP contribution in [0.2, 0.25) is 0 Å². The summed E-state index contributed by atoms with van der Waals surface area (Å²) in [4.78, 5) is 11.6. The van der Waals surface area contributed by atoms with Crippen molar-refractivity contribution in [2.24, 2.45) is 17.8 Å². The molecule has 1 saturated carbocycles. The molecule has 0 spiro atoms. The van der Waals surface area contributed by atoms with E-state index in [9.17, 15) is 4.79 Å². The average Bonchev–Trinajstić information content (AvgIpc) is 2.00. The minimum absolute atomic E-state index is 0.200. The Hall–Kier alpha value is -0.590. The summed E-state index contributed by atoms with van der Waals surface area (Å²) in [6, 6.07) is 0. The largest absolute Gasteiger partial charge is 0.299 e. The van der Waals surface area contributed by atoms with Crippen molar-refractivity contribution < 1.29 is 4.79 Å². The fraction of sp³-hybridized carbons (Fsp3) is 0.727. The van der Waals surface area contributed by atoms with Gasteiger partial charge >= 0.3 is 0 Å². The van der Waals surface area contributed by atoms with Crippen molar-refractivity contribution in [1.82, 2.24) is 0 Å². The van der Waals surface area contributed by atoms with Crippen molar-refractivity contribution in [2.45, 2.75) is 33.6 Å². The van der Waals surface area contributed by atoms with E-state index in [2.05, 4.69) is 6.58 Å². The van der Waals surface area contributed by atoms with Crippen LogP contribution < -0.4 is 0 Å². The number of carbonyl (C=O) groups excluding carboxylic acids is 1. The van der Waals surface area contributed by atoms with E-state index in [1.165, 1.54) is 5.57 Å². The lowest BCUT2D eigenvalue weighted by Crippen LogP contribution is -2.32. The van der Waals surface area contributed by atoms with Gasteiger partial charge in [-0.3, -0.25) is 4.79 Å². The van der Waals surface area contributed by atoms with Gasteiger partial charge in [0.15, 0.2) is 0 Å². The van der Waals surface area contributed by atoms with Crippen LogP contribution >= 0.6 is 0 Å². The zero-order chi connectivity index (χ0) is 9.30. The van der Waals surface area contributed by atoms with Crippen LogP contribution in [0.15, 0.2) is 12.2 Å². The molecule has 0 aromatic rings. The number of rotatable bonds is 1. The molecule has 1 aliphatic rings. The molecule has 0 amide bonds. The molecular weight excluding hydrogens is 148 g/mol. The average molecular weight is 166 g/mol. The molecule has 0 unspecified atom stereocenters. The summed E-state index contributed by atoms with van der Waals surface area (Å²) in [6.07, 6.45) is 2.18. The van der Waals surface area contributed by atoms with Crippen LogP contribution in [0.3, 0.4) is 0 Å². The third kappa shape index (κ3) is 1.60. The monoisotopic (exact) mass is 166 g/mol. The highest BCUT2D eigenvalue weighted by Gasteiger charge is 2.32. The summed E-state index contributed by atoms with van der Waals surface area (Å²) in [5.41, 5.74) is 1.17. The summed E-state index contributed by atoms with van der Waals surface area (Å²) < 4.78 is 0. The van der Waals surface area contributed by atoms with Gasteiger partial charge in [-0.1, -0.05) is 26.0 Å². The molecule has 0 radical (unpaired) electrons. The van der Waals surface area contributed by atoms with E-state index in [0.717, 1.165) is 12.8 Å². The Morgan fingerprint density at radius 2 is 2.00 bits per heavy atom. The minimum atomic E-state index is 0.200. The predicted octanol–water partition coefficient (Wildman–Crippen LogP) is 2.81. The standard InChI is InChI=1S/C11H18O/c1-7(2)10-6-5-8(3)11(12)9(10)4/h8-10H,1,5-6H2,2-4H3/t8-,9-,10+/m1/s1. The molecule has 0 aromatic carbocycles. The molecule has 0 aliphatic heterocycles. The van der Waals surface area contributed by atoms with Crippen molar-refractivity contribution in [1.29, 1.82) is 0 Å². The highest BCUT2D eigenvalue weighted by atomic mass is 16.1. The number of carbonyl (C=O) groups is 1. The summed E-state index contributed by atoms with van der Waals surface area (Å²) in [7, 11) is 0. The van der Waals surface area contributed by atoms with Crippen molar-refractivity contribution in [3.8, 4) is 0 Å². The molecule has 12 heavy (non-hydrogen) atoms. The van der Waals surface area contributed by atoms with Crippen LogP contribution in [-0.4, -0.2) is 5.78 Å². The number of allylic oxidation sites excluding steroid dienone is 1. The zero-order valence-electron chi connectivity index (χ0n) is 8.26. The second kappa shape index (κ2) is 3.42. The van der Waals surface area contributed by atoms with Crippen molar-refractivity contribution in [3.05, 3.63) is 12.2 Å². The Labute approximate surface area is 74.9 Å². The van der Waals surface area contributed by atoms with E-state index in [1.54, 1.807) is 0 Å². The van der Waals surface area contributed by atoms with E-state index in [1.807, 2.05) is 20.8 Å². The van der Waals surface area contributed by atoms with Gasteiger partial charge < -0.3 is 0 Å². The number of hydrogen-bond donors (Lipinski definition) is 0. The Morgan fingerprint density at radius 1 is 1.42 bits per heavy atom. The first-order valence-electron chi connectivity index (χ1n) is 4.73. The number of ketones is 1. The van der Waals surface area contributed by atoms with Crippen LogP contribution in [0.4, 0.5) is 0 Å². The lowest BCUT2D eigenvalue weighted by atomic mass is 9.72. The van der Waals surface area contributed by atoms with Gasteiger partial charge in [0.05, 0.1) is 0 Å². The lowest BCUT2D eigenvalue weighted by Gasteiger charge is -2.31. The van der Waals surface area contributed by atoms with Crippen molar-refractivity contribution >= 4 is 5.78 Å². The van der Waals surface area contributed by atoms with Crippen molar-refractivity contribution in [3.63, 3.8) is 0 Å². The predicted molar refractivity (Wildman–Crippen MR) is 50.9 cm³/mol. The van der Waals surface area contributed by atoms with E-state index < -0.39 is 0 Å². The molecule has 1 fully saturated rings. The van der Waals surface area contributed by atoms with Gasteiger partial charge in [-0.15, -0.1) is 0 Å². The maximum atomic E-state index is 11.6. The quantitative estimate of drug-likeness (QED) is 0.547. The molecule has 0 saturated heterocycles. The number of Topliss-reactive ketones (excluding diaryl/α,β-unsaturated/α-hetero) is 1. The normalized spacial score (nSPS) is 36.6. The Balaban J connectivity index is 2.71. The van der Waals surface area contributed by atoms with Gasteiger partial charge in [-0.2, -0.15) is 0 Å². The molecular formula is C11H18O. The highest BCUT2D eigenvalue weighted by Crippen LogP contribution is 2.34. The molecule has 3 atom stereocenters. The zero-order valence-corrected chi connectivity index (χ0v) is 8.26. The van der Waals surface area contributed by atoms with Crippen LogP contribution in [0.25, 0.3) is 0 Å². The number of hydrogen-bond acceptors (Lipinski definition) is 1. The SMILES string of the molecule is C=C(C)[C@@H]1CC[C@@H](C)C(=O)[C@@H]1C. The van der Waals surface area contributed by atoms with E-state index in [-0.39, 0.29) is 11.8 Å². The van der Waals surface area contributed by atoms with Gasteiger partial charge in [0.2, 0.25) is 0 Å². The fourth-order valence-corrected chi connectivity index (χ4v) is 2.14. The second-order valence-corrected chi connectivity index (χ2v) is 4.12. The topological polar surface area (TPSA) is 17.1 Å². The van der Waals surface area contributed by atoms with Gasteiger partial charge in [-0.05, 0) is 25.7 Å². The first kappa shape index (κ1) is 9.50. The molecule has 1 aliphatic carbocycles. The molecule has 0 heterocycles. The molecule has 68 valence electrons. The molecule has 0 bridgehead atoms. The molecule has 1 nitrogen and oxygen atoms in total. The van der Waals surface area contributed by atoms with Crippen molar-refractivity contribution in [2.75, 3.05) is 0 Å². The Morgan fingerprint density at radius 3 is 2.50 bits per heavy atom. The molecule has 1 rings (SSSR count). The van der Waals surface area contributed by atoms with Gasteiger partial charge in [0.25, 0.3) is 0 Å². The third-order valence-electron chi connectivity index (χ3n) is 3.08. The summed E-state index contributed by atoms with van der Waals surface area (Å²) in [5, 5.41) is 0. The first-order chi connectivity index (χ1) is 5.54. The first-order valence-corrected chi connectivity index (χ1v) is 4.73. The van der Waals surface area contributed by atoms with Gasteiger partial charge in [0.1, 0.15) is 5.78 Å². The molecule has 0 N–H and O–H groups in total. The van der Waals surface area contributed by atoms with Gasteiger partial charge in [-0.25, -0.2) is 0 Å². The second-order valence-electron chi connectivity index (χ2n) is 4.12. The third-order valence-corrected chi connectivity index (χ3v) is 3.08. The van der Waals surface area contributed by atoms with E-state index >= 15 is 0 Å². The minimum Gasteiger partial charge on any atom is -0.299 e.